The lowest BCUT2D eigenvalue weighted by Gasteiger charge is -2.11. The normalized spacial score (nSPS) is 13.2. The van der Waals surface area contributed by atoms with Gasteiger partial charge in [0.25, 0.3) is 5.91 Å². The summed E-state index contributed by atoms with van der Waals surface area (Å²) in [4.78, 5) is 18.4. The number of carbonyl (C=O) groups is 1. The molecule has 1 atom stereocenters. The van der Waals surface area contributed by atoms with Crippen molar-refractivity contribution in [2.24, 2.45) is 5.73 Å². The van der Waals surface area contributed by atoms with Crippen LogP contribution in [0.25, 0.3) is 5.69 Å². The Bertz CT molecular complexity index is 639. The molecule has 2 aromatic rings. The van der Waals surface area contributed by atoms with Crippen molar-refractivity contribution >= 4 is 5.91 Å². The van der Waals surface area contributed by atoms with E-state index in [2.05, 4.69) is 9.97 Å². The van der Waals surface area contributed by atoms with Crippen LogP contribution < -0.4 is 5.73 Å². The Hall–Kier alpha value is -2.42. The summed E-state index contributed by atoms with van der Waals surface area (Å²) in [6.45, 7) is 0. The highest BCUT2D eigenvalue weighted by Gasteiger charge is 2.40. The van der Waals surface area contributed by atoms with Gasteiger partial charge in [0.15, 0.2) is 11.8 Å². The summed E-state index contributed by atoms with van der Waals surface area (Å²) in [5.41, 5.74) is 4.60. The van der Waals surface area contributed by atoms with Gasteiger partial charge in [0, 0.05) is 12.4 Å². The Morgan fingerprint density at radius 3 is 2.70 bits per heavy atom. The number of primary amides is 1. The third-order valence-corrected chi connectivity index (χ3v) is 2.49. The molecule has 20 heavy (non-hydrogen) atoms. The first kappa shape index (κ1) is 14.0. The highest BCUT2D eigenvalue weighted by Crippen LogP contribution is 2.31. The van der Waals surface area contributed by atoms with Gasteiger partial charge in [-0.25, -0.2) is 9.97 Å². The molecular weight excluding hydrogens is 277 g/mol. The number of amides is 1. The summed E-state index contributed by atoms with van der Waals surface area (Å²) in [6, 6.07) is 2.93. The minimum Gasteiger partial charge on any atom is -0.378 e. The zero-order valence-electron chi connectivity index (χ0n) is 9.87. The molecule has 3 N–H and O–H groups in total. The van der Waals surface area contributed by atoms with Crippen LogP contribution in [0.4, 0.5) is 13.2 Å². The molecule has 0 aliphatic heterocycles. The minimum absolute atomic E-state index is 0.113. The molecule has 9 heteroatoms. The van der Waals surface area contributed by atoms with Crippen LogP contribution in [0.2, 0.25) is 0 Å². The van der Waals surface area contributed by atoms with E-state index in [0.29, 0.717) is 0 Å². The van der Waals surface area contributed by atoms with E-state index in [9.17, 15) is 18.0 Å². The molecule has 0 saturated carbocycles. The van der Waals surface area contributed by atoms with Gasteiger partial charge in [-0.15, -0.1) is 0 Å². The summed E-state index contributed by atoms with van der Waals surface area (Å²) in [5, 5.41) is 9.09. The summed E-state index contributed by atoms with van der Waals surface area (Å²) in [6.07, 6.45) is -4.19. The first-order valence-corrected chi connectivity index (χ1v) is 5.34. The van der Waals surface area contributed by atoms with Gasteiger partial charge in [0.2, 0.25) is 0 Å². The topological polar surface area (TPSA) is 94.0 Å². The Balaban J connectivity index is 2.42. The van der Waals surface area contributed by atoms with Crippen molar-refractivity contribution in [3.63, 3.8) is 0 Å². The number of hydrogen-bond donors (Lipinski definition) is 2. The van der Waals surface area contributed by atoms with E-state index < -0.39 is 23.9 Å². The zero-order valence-corrected chi connectivity index (χ0v) is 9.87. The van der Waals surface area contributed by atoms with Crippen LogP contribution in [0.1, 0.15) is 22.3 Å². The lowest BCUT2D eigenvalue weighted by molar-refractivity contribution is -0.207. The molecule has 2 rings (SSSR count). The number of aromatic nitrogens is 3. The van der Waals surface area contributed by atoms with Gasteiger partial charge >= 0.3 is 6.18 Å². The first-order valence-electron chi connectivity index (χ1n) is 5.34. The number of carbonyl (C=O) groups excluding carboxylic acids is 1. The highest BCUT2D eigenvalue weighted by molar-refractivity contribution is 5.94. The second-order valence-electron chi connectivity index (χ2n) is 3.89. The number of nitrogens with zero attached hydrogens (tertiary/aromatic N) is 3. The summed E-state index contributed by atoms with van der Waals surface area (Å²) in [5.74, 6) is -0.827. The van der Waals surface area contributed by atoms with Crippen LogP contribution in [-0.2, 0) is 0 Å². The fourth-order valence-electron chi connectivity index (χ4n) is 1.57. The lowest BCUT2D eigenvalue weighted by Crippen LogP contribution is -2.20. The average Bonchev–Trinajstić information content (AvgIpc) is 2.86. The van der Waals surface area contributed by atoms with E-state index >= 15 is 0 Å². The molecule has 0 aliphatic rings. The smallest absolute Gasteiger partial charge is 0.378 e. The molecule has 0 bridgehead atoms. The van der Waals surface area contributed by atoms with Crippen molar-refractivity contribution in [2.75, 3.05) is 0 Å². The van der Waals surface area contributed by atoms with E-state index in [4.69, 9.17) is 10.8 Å². The molecule has 2 heterocycles. The number of aliphatic hydroxyl groups excluding tert-OH is 1. The van der Waals surface area contributed by atoms with Crippen molar-refractivity contribution in [1.82, 2.24) is 14.5 Å². The fraction of sp³-hybridized carbons (Fsp3) is 0.182. The van der Waals surface area contributed by atoms with Crippen LogP contribution >= 0.6 is 0 Å². The van der Waals surface area contributed by atoms with E-state index in [-0.39, 0.29) is 11.4 Å². The number of imidazole rings is 1. The van der Waals surface area contributed by atoms with Gasteiger partial charge in [-0.1, -0.05) is 0 Å². The first-order chi connectivity index (χ1) is 9.30. The number of nitrogens with two attached hydrogens (primary N) is 1. The molecule has 1 unspecified atom stereocenters. The lowest BCUT2D eigenvalue weighted by atomic mass is 10.2. The molecule has 0 aromatic carbocycles. The Morgan fingerprint density at radius 2 is 2.10 bits per heavy atom. The maximum atomic E-state index is 12.4. The maximum absolute atomic E-state index is 12.4. The predicted octanol–water partition coefficient (Wildman–Crippen LogP) is 0.962. The number of aliphatic hydroxyl groups is 1. The van der Waals surface area contributed by atoms with Gasteiger partial charge in [-0.2, -0.15) is 13.2 Å². The molecule has 106 valence electrons. The molecule has 0 fully saturated rings. The van der Waals surface area contributed by atoms with Gasteiger partial charge in [-0.3, -0.25) is 4.79 Å². The van der Waals surface area contributed by atoms with E-state index in [1.54, 1.807) is 0 Å². The zero-order chi connectivity index (χ0) is 14.9. The minimum atomic E-state index is -4.82. The number of hydrogen-bond acceptors (Lipinski definition) is 4. The number of rotatable bonds is 3. The number of pyridine rings is 1. The molecule has 1 amide bonds. The number of alkyl halides is 3. The Kier molecular flexibility index (Phi) is 3.45. The third-order valence-electron chi connectivity index (χ3n) is 2.49. The summed E-state index contributed by atoms with van der Waals surface area (Å²) in [7, 11) is 0. The Morgan fingerprint density at radius 1 is 1.40 bits per heavy atom. The van der Waals surface area contributed by atoms with Crippen molar-refractivity contribution in [3.05, 3.63) is 42.2 Å². The highest BCUT2D eigenvalue weighted by atomic mass is 19.4. The average molecular weight is 286 g/mol. The van der Waals surface area contributed by atoms with Crippen molar-refractivity contribution < 1.29 is 23.1 Å². The third kappa shape index (κ3) is 2.62. The van der Waals surface area contributed by atoms with E-state index in [1.165, 1.54) is 18.3 Å². The number of halogens is 3. The van der Waals surface area contributed by atoms with Crippen LogP contribution in [0, 0.1) is 0 Å². The fourth-order valence-corrected chi connectivity index (χ4v) is 1.57. The van der Waals surface area contributed by atoms with Crippen molar-refractivity contribution in [3.8, 4) is 5.69 Å². The second kappa shape index (κ2) is 4.93. The van der Waals surface area contributed by atoms with Crippen molar-refractivity contribution in [2.45, 2.75) is 12.3 Å². The van der Waals surface area contributed by atoms with Crippen LogP contribution in [0.5, 0.6) is 0 Å². The van der Waals surface area contributed by atoms with Crippen LogP contribution in [0.3, 0.4) is 0 Å². The van der Waals surface area contributed by atoms with Gasteiger partial charge in [0.1, 0.15) is 0 Å². The van der Waals surface area contributed by atoms with Gasteiger partial charge in [0.05, 0.1) is 17.7 Å². The standard InChI is InChI=1S/C11H9F3N4O2/c12-11(13,14)9(19)6-4-18(5-17-6)7-2-1-3-16-8(7)10(15)20/h1-5,9,19H,(H2,15,20). The monoisotopic (exact) mass is 286 g/mol. The summed E-state index contributed by atoms with van der Waals surface area (Å²) < 4.78 is 38.2. The van der Waals surface area contributed by atoms with Crippen LogP contribution in [0.15, 0.2) is 30.9 Å². The van der Waals surface area contributed by atoms with Gasteiger partial charge < -0.3 is 15.4 Å². The molecule has 0 spiro atoms. The quantitative estimate of drug-likeness (QED) is 0.878. The van der Waals surface area contributed by atoms with Crippen LogP contribution in [-0.4, -0.2) is 31.7 Å². The maximum Gasteiger partial charge on any atom is 0.420 e. The largest absolute Gasteiger partial charge is 0.420 e. The second-order valence-corrected chi connectivity index (χ2v) is 3.89. The van der Waals surface area contributed by atoms with E-state index in [0.717, 1.165) is 17.1 Å². The SMILES string of the molecule is NC(=O)c1ncccc1-n1cnc(C(O)C(F)(F)F)c1. The molecule has 0 saturated heterocycles. The molecular formula is C11H9F3N4O2. The van der Waals surface area contributed by atoms with E-state index in [1.807, 2.05) is 0 Å². The molecule has 0 radical (unpaired) electrons. The molecule has 6 nitrogen and oxygen atoms in total. The van der Waals surface area contributed by atoms with Crippen molar-refractivity contribution in [1.29, 1.82) is 0 Å². The van der Waals surface area contributed by atoms with Gasteiger partial charge in [-0.05, 0) is 12.1 Å². The Labute approximate surface area is 110 Å². The molecule has 0 aliphatic carbocycles. The summed E-state index contributed by atoms with van der Waals surface area (Å²) >= 11 is 0. The molecule has 2 aromatic heterocycles. The predicted molar refractivity (Wildman–Crippen MR) is 60.9 cm³/mol.